The molecule has 0 atom stereocenters. The number of hydrogen-bond donors (Lipinski definition) is 1. The van der Waals surface area contributed by atoms with Crippen molar-refractivity contribution < 1.29 is 13.9 Å². The lowest BCUT2D eigenvalue weighted by Gasteiger charge is -2.09. The number of halogens is 1. The maximum absolute atomic E-state index is 13.3. The Balaban J connectivity index is 1.49. The Labute approximate surface area is 198 Å². The van der Waals surface area contributed by atoms with Gasteiger partial charge in [0.2, 0.25) is 0 Å². The van der Waals surface area contributed by atoms with Gasteiger partial charge < -0.3 is 4.74 Å². The molecule has 0 saturated heterocycles. The summed E-state index contributed by atoms with van der Waals surface area (Å²) in [5.41, 5.74) is 5.86. The fraction of sp³-hybridized carbons (Fsp3) is 0.179. The molecule has 3 aromatic carbocycles. The SMILES string of the molecule is CC(C)CCOc1ccc(C=NNC(=O)c2cc(-c3ccc(F)cc3)nc3ccccc23)cc1. The molecule has 0 fully saturated rings. The molecule has 0 saturated carbocycles. The minimum absolute atomic E-state index is 0.327. The standard InChI is InChI=1S/C28H26FN3O2/c1-19(2)15-16-34-23-13-7-20(8-14-23)18-30-32-28(33)25-17-27(21-9-11-22(29)12-10-21)31-26-6-4-3-5-24(25)26/h3-14,17-19H,15-16H2,1-2H3,(H,32,33). The van der Waals surface area contributed by atoms with Crippen LogP contribution in [0.5, 0.6) is 5.75 Å². The number of nitrogens with zero attached hydrogens (tertiary/aromatic N) is 2. The lowest BCUT2D eigenvalue weighted by molar-refractivity contribution is 0.0956. The van der Waals surface area contributed by atoms with E-state index in [4.69, 9.17) is 4.74 Å². The molecule has 0 spiro atoms. The van der Waals surface area contributed by atoms with Gasteiger partial charge in [0.25, 0.3) is 5.91 Å². The molecule has 1 aromatic heterocycles. The highest BCUT2D eigenvalue weighted by Gasteiger charge is 2.13. The topological polar surface area (TPSA) is 63.6 Å². The summed E-state index contributed by atoms with van der Waals surface area (Å²) < 4.78 is 19.1. The number of aromatic nitrogens is 1. The first-order valence-corrected chi connectivity index (χ1v) is 11.2. The molecule has 5 nitrogen and oxygen atoms in total. The number of amides is 1. The van der Waals surface area contributed by atoms with Crippen LogP contribution in [0.2, 0.25) is 0 Å². The fourth-order valence-corrected chi connectivity index (χ4v) is 3.42. The van der Waals surface area contributed by atoms with Gasteiger partial charge in [0.05, 0.1) is 29.6 Å². The van der Waals surface area contributed by atoms with Crippen molar-refractivity contribution >= 4 is 23.0 Å². The summed E-state index contributed by atoms with van der Waals surface area (Å²) >= 11 is 0. The number of nitrogens with one attached hydrogen (secondary N) is 1. The van der Waals surface area contributed by atoms with E-state index in [2.05, 4.69) is 29.4 Å². The summed E-state index contributed by atoms with van der Waals surface area (Å²) in [4.78, 5) is 17.6. The summed E-state index contributed by atoms with van der Waals surface area (Å²) in [6.07, 6.45) is 2.59. The van der Waals surface area contributed by atoms with Crippen LogP contribution in [-0.4, -0.2) is 23.7 Å². The number of carbonyl (C=O) groups excluding carboxylic acids is 1. The first-order chi connectivity index (χ1) is 16.5. The zero-order valence-corrected chi connectivity index (χ0v) is 19.2. The van der Waals surface area contributed by atoms with Crippen molar-refractivity contribution in [1.29, 1.82) is 0 Å². The van der Waals surface area contributed by atoms with Crippen molar-refractivity contribution in [2.45, 2.75) is 20.3 Å². The van der Waals surface area contributed by atoms with E-state index in [1.54, 1.807) is 24.4 Å². The molecular weight excluding hydrogens is 429 g/mol. The van der Waals surface area contributed by atoms with Crippen LogP contribution in [0.1, 0.15) is 36.2 Å². The zero-order chi connectivity index (χ0) is 23.9. The lowest BCUT2D eigenvalue weighted by atomic mass is 10.0. The van der Waals surface area contributed by atoms with E-state index in [0.29, 0.717) is 34.7 Å². The summed E-state index contributed by atoms with van der Waals surface area (Å²) in [5.74, 6) is 0.719. The van der Waals surface area contributed by atoms with Gasteiger partial charge in [0, 0.05) is 10.9 Å². The monoisotopic (exact) mass is 455 g/mol. The number of carbonyl (C=O) groups is 1. The van der Waals surface area contributed by atoms with Crippen LogP contribution in [0, 0.1) is 11.7 Å². The second kappa shape index (κ2) is 10.7. The maximum atomic E-state index is 13.3. The first-order valence-electron chi connectivity index (χ1n) is 11.2. The Bertz CT molecular complexity index is 1300. The Kier molecular flexibility index (Phi) is 7.28. The van der Waals surface area contributed by atoms with Crippen LogP contribution in [0.4, 0.5) is 4.39 Å². The number of benzene rings is 3. The van der Waals surface area contributed by atoms with E-state index in [1.165, 1.54) is 12.1 Å². The number of hydrogen-bond acceptors (Lipinski definition) is 4. The molecule has 1 amide bonds. The van der Waals surface area contributed by atoms with Crippen LogP contribution in [0.15, 0.2) is 84.0 Å². The molecule has 172 valence electrons. The third kappa shape index (κ3) is 5.84. The van der Waals surface area contributed by atoms with Crippen molar-refractivity contribution in [2.24, 2.45) is 11.0 Å². The third-order valence-electron chi connectivity index (χ3n) is 5.32. The summed E-state index contributed by atoms with van der Waals surface area (Å²) in [6.45, 7) is 5.01. The van der Waals surface area contributed by atoms with Gasteiger partial charge in [-0.05, 0) is 78.6 Å². The number of fused-ring (bicyclic) bond motifs is 1. The molecule has 0 unspecified atom stereocenters. The molecule has 0 aliphatic rings. The van der Waals surface area contributed by atoms with Gasteiger partial charge in [-0.15, -0.1) is 0 Å². The van der Waals surface area contributed by atoms with Crippen molar-refractivity contribution in [3.05, 3.63) is 95.8 Å². The number of hydrazone groups is 1. The number of pyridine rings is 1. The highest BCUT2D eigenvalue weighted by molar-refractivity contribution is 6.07. The summed E-state index contributed by atoms with van der Waals surface area (Å²) in [7, 11) is 0. The van der Waals surface area contributed by atoms with E-state index in [9.17, 15) is 9.18 Å². The lowest BCUT2D eigenvalue weighted by Crippen LogP contribution is -2.18. The normalized spacial score (nSPS) is 11.3. The van der Waals surface area contributed by atoms with Gasteiger partial charge in [-0.25, -0.2) is 14.8 Å². The van der Waals surface area contributed by atoms with E-state index in [1.807, 2.05) is 48.5 Å². The molecule has 4 aromatic rings. The van der Waals surface area contributed by atoms with Gasteiger partial charge in [-0.3, -0.25) is 4.79 Å². The van der Waals surface area contributed by atoms with Crippen molar-refractivity contribution in [3.63, 3.8) is 0 Å². The molecule has 6 heteroatoms. The molecule has 0 aliphatic carbocycles. The molecule has 0 aliphatic heterocycles. The minimum Gasteiger partial charge on any atom is -0.494 e. The Morgan fingerprint density at radius 1 is 1.06 bits per heavy atom. The summed E-state index contributed by atoms with van der Waals surface area (Å²) in [6, 6.07) is 22.7. The van der Waals surface area contributed by atoms with Gasteiger partial charge in [0.1, 0.15) is 11.6 Å². The maximum Gasteiger partial charge on any atom is 0.272 e. The van der Waals surface area contributed by atoms with Crippen LogP contribution in [0.25, 0.3) is 22.2 Å². The smallest absolute Gasteiger partial charge is 0.272 e. The predicted octanol–water partition coefficient (Wildman–Crippen LogP) is 6.23. The largest absolute Gasteiger partial charge is 0.494 e. The third-order valence-corrected chi connectivity index (χ3v) is 5.32. The predicted molar refractivity (Wildman–Crippen MR) is 134 cm³/mol. The van der Waals surface area contributed by atoms with Gasteiger partial charge in [0.15, 0.2) is 0 Å². The van der Waals surface area contributed by atoms with Crippen molar-refractivity contribution in [2.75, 3.05) is 6.61 Å². The van der Waals surface area contributed by atoms with Crippen LogP contribution < -0.4 is 10.2 Å². The number of para-hydroxylation sites is 1. The fourth-order valence-electron chi connectivity index (χ4n) is 3.42. The zero-order valence-electron chi connectivity index (χ0n) is 19.2. The van der Waals surface area contributed by atoms with E-state index in [0.717, 1.165) is 23.3 Å². The van der Waals surface area contributed by atoms with Crippen LogP contribution in [-0.2, 0) is 0 Å². The second-order valence-electron chi connectivity index (χ2n) is 8.38. The minimum atomic E-state index is -0.355. The molecule has 1 heterocycles. The quantitative estimate of drug-likeness (QED) is 0.253. The highest BCUT2D eigenvalue weighted by Crippen LogP contribution is 2.25. The molecular formula is C28H26FN3O2. The average Bonchev–Trinajstić information content (AvgIpc) is 2.84. The Morgan fingerprint density at radius 2 is 1.79 bits per heavy atom. The molecule has 0 bridgehead atoms. The van der Waals surface area contributed by atoms with Crippen molar-refractivity contribution in [1.82, 2.24) is 10.4 Å². The molecule has 4 rings (SSSR count). The highest BCUT2D eigenvalue weighted by atomic mass is 19.1. The molecule has 34 heavy (non-hydrogen) atoms. The number of ether oxygens (including phenoxy) is 1. The van der Waals surface area contributed by atoms with E-state index in [-0.39, 0.29) is 11.7 Å². The van der Waals surface area contributed by atoms with Gasteiger partial charge >= 0.3 is 0 Å². The molecule has 1 N–H and O–H groups in total. The van der Waals surface area contributed by atoms with Crippen LogP contribution in [0.3, 0.4) is 0 Å². The van der Waals surface area contributed by atoms with E-state index < -0.39 is 0 Å². The second-order valence-corrected chi connectivity index (χ2v) is 8.38. The Morgan fingerprint density at radius 3 is 2.53 bits per heavy atom. The first kappa shape index (κ1) is 23.1. The van der Waals surface area contributed by atoms with Gasteiger partial charge in [-0.2, -0.15) is 5.10 Å². The van der Waals surface area contributed by atoms with Crippen LogP contribution >= 0.6 is 0 Å². The molecule has 0 radical (unpaired) electrons. The summed E-state index contributed by atoms with van der Waals surface area (Å²) in [5, 5.41) is 4.83. The average molecular weight is 456 g/mol. The van der Waals surface area contributed by atoms with E-state index >= 15 is 0 Å². The van der Waals surface area contributed by atoms with Gasteiger partial charge in [-0.1, -0.05) is 32.0 Å². The van der Waals surface area contributed by atoms with Crippen molar-refractivity contribution in [3.8, 4) is 17.0 Å². The Hall–Kier alpha value is -4.06. The number of rotatable bonds is 8.